The molecule has 0 aliphatic carbocycles. The number of nitrogens with zero attached hydrogens (tertiary/aromatic N) is 1. The summed E-state index contributed by atoms with van der Waals surface area (Å²) in [7, 11) is -3.16. The minimum Gasteiger partial charge on any atom is -0.389 e. The second-order valence-electron chi connectivity index (χ2n) is 4.45. The van der Waals surface area contributed by atoms with Crippen molar-refractivity contribution in [3.63, 3.8) is 0 Å². The molecule has 0 radical (unpaired) electrons. The lowest BCUT2D eigenvalue weighted by atomic mass is 10.2. The normalized spacial score (nSPS) is 13.2. The lowest BCUT2D eigenvalue weighted by molar-refractivity contribution is 0.198. The first-order valence-electron chi connectivity index (χ1n) is 5.98. The Labute approximate surface area is 122 Å². The number of hydrogen-bond acceptors (Lipinski definition) is 5. The molecule has 0 unspecified atom stereocenters. The van der Waals surface area contributed by atoms with Gasteiger partial charge in [-0.2, -0.15) is 0 Å². The second kappa shape index (κ2) is 5.95. The van der Waals surface area contributed by atoms with Gasteiger partial charge in [-0.1, -0.05) is 17.8 Å². The first-order chi connectivity index (χ1) is 9.36. The van der Waals surface area contributed by atoms with Gasteiger partial charge in [-0.05, 0) is 42.8 Å². The molecule has 1 aromatic heterocycles. The van der Waals surface area contributed by atoms with Crippen molar-refractivity contribution in [3.8, 4) is 0 Å². The second-order valence-corrected chi connectivity index (χ2v) is 7.56. The van der Waals surface area contributed by atoms with Crippen molar-refractivity contribution in [2.24, 2.45) is 0 Å². The van der Waals surface area contributed by atoms with E-state index in [1.54, 1.807) is 37.4 Å². The van der Waals surface area contributed by atoms with Crippen molar-refractivity contribution in [3.05, 3.63) is 48.2 Å². The maximum atomic E-state index is 11.4. The van der Waals surface area contributed by atoms with Gasteiger partial charge in [0.2, 0.25) is 0 Å². The summed E-state index contributed by atoms with van der Waals surface area (Å²) >= 11 is 1.44. The van der Waals surface area contributed by atoms with E-state index in [4.69, 9.17) is 0 Å². The Morgan fingerprint density at radius 3 is 2.25 bits per heavy atom. The minimum atomic E-state index is -3.16. The summed E-state index contributed by atoms with van der Waals surface area (Å²) in [5.74, 6) is 0. The number of sulfone groups is 1. The van der Waals surface area contributed by atoms with Crippen molar-refractivity contribution in [1.29, 1.82) is 0 Å². The van der Waals surface area contributed by atoms with Crippen LogP contribution in [0, 0.1) is 0 Å². The average molecular weight is 309 g/mol. The van der Waals surface area contributed by atoms with Crippen LogP contribution in [0.4, 0.5) is 0 Å². The highest BCUT2D eigenvalue weighted by Gasteiger charge is 2.07. The van der Waals surface area contributed by atoms with Crippen molar-refractivity contribution in [1.82, 2.24) is 4.98 Å². The third kappa shape index (κ3) is 3.82. The molecule has 6 heteroatoms. The van der Waals surface area contributed by atoms with Crippen LogP contribution in [0.5, 0.6) is 0 Å². The molecular formula is C14H15NO3S2. The first-order valence-corrected chi connectivity index (χ1v) is 8.69. The standard InChI is InChI=1S/C14H15NO3S2/c1-10(16)11-3-8-14(15-9-11)19-12-4-6-13(7-5-12)20(2,17)18/h3-10,16H,1-2H3/t10-/m1/s1. The Morgan fingerprint density at radius 2 is 1.80 bits per heavy atom. The van der Waals surface area contributed by atoms with E-state index in [1.807, 2.05) is 12.1 Å². The number of aliphatic hydroxyl groups is 1. The Kier molecular flexibility index (Phi) is 4.47. The predicted octanol–water partition coefficient (Wildman–Crippen LogP) is 2.69. The fraction of sp³-hybridized carbons (Fsp3) is 0.214. The van der Waals surface area contributed by atoms with E-state index >= 15 is 0 Å². The SMILES string of the molecule is C[C@@H](O)c1ccc(Sc2ccc(S(C)(=O)=O)cc2)nc1. The Hall–Kier alpha value is -1.37. The van der Waals surface area contributed by atoms with Gasteiger partial charge in [0.25, 0.3) is 0 Å². The van der Waals surface area contributed by atoms with Gasteiger partial charge in [-0.15, -0.1) is 0 Å². The molecule has 0 aliphatic heterocycles. The van der Waals surface area contributed by atoms with Crippen LogP contribution >= 0.6 is 11.8 Å². The third-order valence-corrected chi connectivity index (χ3v) is 4.80. The summed E-state index contributed by atoms with van der Waals surface area (Å²) in [4.78, 5) is 5.47. The predicted molar refractivity (Wildman–Crippen MR) is 78.5 cm³/mol. The van der Waals surface area contributed by atoms with Gasteiger partial charge in [-0.3, -0.25) is 0 Å². The molecule has 0 saturated carbocycles. The fourth-order valence-corrected chi connectivity index (χ4v) is 2.96. The van der Waals surface area contributed by atoms with Crippen LogP contribution in [-0.4, -0.2) is 24.8 Å². The topological polar surface area (TPSA) is 67.3 Å². The summed E-state index contributed by atoms with van der Waals surface area (Å²) in [5.41, 5.74) is 0.766. The molecule has 2 aromatic rings. The van der Waals surface area contributed by atoms with Crippen molar-refractivity contribution in [2.45, 2.75) is 27.8 Å². The molecule has 4 nitrogen and oxygen atoms in total. The van der Waals surface area contributed by atoms with Gasteiger partial charge in [0.1, 0.15) is 5.03 Å². The monoisotopic (exact) mass is 309 g/mol. The molecule has 0 spiro atoms. The maximum absolute atomic E-state index is 11.4. The molecule has 106 valence electrons. The average Bonchev–Trinajstić information content (AvgIpc) is 2.39. The number of rotatable bonds is 4. The van der Waals surface area contributed by atoms with Crippen LogP contribution < -0.4 is 0 Å². The maximum Gasteiger partial charge on any atom is 0.175 e. The van der Waals surface area contributed by atoms with Crippen LogP contribution in [0.15, 0.2) is 57.4 Å². The summed E-state index contributed by atoms with van der Waals surface area (Å²) in [6, 6.07) is 10.3. The van der Waals surface area contributed by atoms with E-state index in [9.17, 15) is 13.5 Å². The number of hydrogen-bond donors (Lipinski definition) is 1. The minimum absolute atomic E-state index is 0.305. The highest BCUT2D eigenvalue weighted by molar-refractivity contribution is 7.99. The van der Waals surface area contributed by atoms with Gasteiger partial charge in [0, 0.05) is 17.3 Å². The zero-order valence-electron chi connectivity index (χ0n) is 11.1. The molecule has 2 rings (SSSR count). The van der Waals surface area contributed by atoms with Gasteiger partial charge in [-0.25, -0.2) is 13.4 Å². The smallest absolute Gasteiger partial charge is 0.175 e. The first kappa shape index (κ1) is 15.0. The number of pyridine rings is 1. The molecule has 20 heavy (non-hydrogen) atoms. The molecule has 0 saturated heterocycles. The summed E-state index contributed by atoms with van der Waals surface area (Å²) in [6.07, 6.45) is 2.29. The molecular weight excluding hydrogens is 294 g/mol. The van der Waals surface area contributed by atoms with Gasteiger partial charge < -0.3 is 5.11 Å². The van der Waals surface area contributed by atoms with E-state index in [-0.39, 0.29) is 0 Å². The van der Waals surface area contributed by atoms with E-state index in [2.05, 4.69) is 4.98 Å². The van der Waals surface area contributed by atoms with Crippen LogP contribution in [0.1, 0.15) is 18.6 Å². The van der Waals surface area contributed by atoms with E-state index in [1.165, 1.54) is 18.0 Å². The Balaban J connectivity index is 2.14. The number of benzene rings is 1. The zero-order valence-corrected chi connectivity index (χ0v) is 12.8. The summed E-state index contributed by atoms with van der Waals surface area (Å²) in [6.45, 7) is 1.69. The lowest BCUT2D eigenvalue weighted by Crippen LogP contribution is -1.96. The van der Waals surface area contributed by atoms with Crippen molar-refractivity contribution < 1.29 is 13.5 Å². The van der Waals surface area contributed by atoms with Gasteiger partial charge >= 0.3 is 0 Å². The molecule has 1 aromatic carbocycles. The largest absolute Gasteiger partial charge is 0.389 e. The Bertz CT molecular complexity index is 677. The molecule has 0 amide bonds. The van der Waals surface area contributed by atoms with E-state index in [0.29, 0.717) is 4.90 Å². The lowest BCUT2D eigenvalue weighted by Gasteiger charge is -2.05. The number of aromatic nitrogens is 1. The molecule has 0 aliphatic rings. The van der Waals surface area contributed by atoms with Crippen LogP contribution in [0.2, 0.25) is 0 Å². The van der Waals surface area contributed by atoms with Crippen LogP contribution in [0.3, 0.4) is 0 Å². The van der Waals surface area contributed by atoms with Crippen LogP contribution in [-0.2, 0) is 9.84 Å². The highest BCUT2D eigenvalue weighted by atomic mass is 32.2. The summed E-state index contributed by atoms with van der Waals surface area (Å²) in [5, 5.41) is 10.2. The Morgan fingerprint density at radius 1 is 1.15 bits per heavy atom. The fourth-order valence-electron chi connectivity index (χ4n) is 1.57. The van der Waals surface area contributed by atoms with Gasteiger partial charge in [0.15, 0.2) is 9.84 Å². The summed E-state index contributed by atoms with van der Waals surface area (Å²) < 4.78 is 22.7. The molecule has 1 heterocycles. The zero-order chi connectivity index (χ0) is 14.8. The quantitative estimate of drug-likeness (QED) is 0.940. The van der Waals surface area contributed by atoms with Crippen molar-refractivity contribution in [2.75, 3.05) is 6.26 Å². The van der Waals surface area contributed by atoms with Crippen LogP contribution in [0.25, 0.3) is 0 Å². The third-order valence-electron chi connectivity index (χ3n) is 2.72. The molecule has 0 fully saturated rings. The van der Waals surface area contributed by atoms with E-state index in [0.717, 1.165) is 15.5 Å². The van der Waals surface area contributed by atoms with Gasteiger partial charge in [0.05, 0.1) is 11.0 Å². The molecule has 1 atom stereocenters. The van der Waals surface area contributed by atoms with E-state index < -0.39 is 15.9 Å². The number of aliphatic hydroxyl groups excluding tert-OH is 1. The highest BCUT2D eigenvalue weighted by Crippen LogP contribution is 2.27. The molecule has 1 N–H and O–H groups in total. The van der Waals surface area contributed by atoms with Crippen molar-refractivity contribution >= 4 is 21.6 Å². The molecule has 0 bridgehead atoms.